The smallest absolute Gasteiger partial charge is 0.126 e. The summed E-state index contributed by atoms with van der Waals surface area (Å²) in [6, 6.07) is 9.66. The lowest BCUT2D eigenvalue weighted by Gasteiger charge is -2.11. The molecule has 2 heterocycles. The predicted octanol–water partition coefficient (Wildman–Crippen LogP) is 2.82. The summed E-state index contributed by atoms with van der Waals surface area (Å²) < 4.78 is 5.57. The van der Waals surface area contributed by atoms with Gasteiger partial charge in [-0.25, -0.2) is 4.98 Å². The molecule has 3 N–H and O–H groups in total. The number of hydrogen-bond acceptors (Lipinski definition) is 5. The third kappa shape index (κ3) is 3.27. The van der Waals surface area contributed by atoms with Crippen LogP contribution in [0.25, 0.3) is 22.2 Å². The van der Waals surface area contributed by atoms with Crippen molar-refractivity contribution >= 4 is 16.7 Å². The van der Waals surface area contributed by atoms with Gasteiger partial charge in [-0.05, 0) is 44.2 Å². The van der Waals surface area contributed by atoms with Gasteiger partial charge in [-0.3, -0.25) is 5.10 Å². The summed E-state index contributed by atoms with van der Waals surface area (Å²) in [7, 11) is 0. The van der Waals surface area contributed by atoms with E-state index in [2.05, 4.69) is 20.5 Å². The van der Waals surface area contributed by atoms with E-state index < -0.39 is 0 Å². The third-order valence-electron chi connectivity index (χ3n) is 3.55. The topological polar surface area (TPSA) is 83.1 Å². The van der Waals surface area contributed by atoms with Crippen molar-refractivity contribution in [2.24, 2.45) is 0 Å². The molecule has 6 nitrogen and oxygen atoms in total. The van der Waals surface area contributed by atoms with E-state index in [1.165, 1.54) is 0 Å². The lowest BCUT2D eigenvalue weighted by atomic mass is 10.1. The Balaban J connectivity index is 1.99. The van der Waals surface area contributed by atoms with E-state index in [1.54, 1.807) is 6.20 Å². The molecule has 0 saturated carbocycles. The van der Waals surface area contributed by atoms with Crippen molar-refractivity contribution in [2.75, 3.05) is 18.5 Å². The minimum Gasteiger partial charge on any atom is -0.494 e. The number of aliphatic hydroxyl groups is 1. The van der Waals surface area contributed by atoms with Crippen molar-refractivity contribution in [3.8, 4) is 17.0 Å². The number of aromatic amines is 1. The number of hydrogen-bond donors (Lipinski definition) is 3. The summed E-state index contributed by atoms with van der Waals surface area (Å²) in [5.74, 6) is 1.53. The number of fused-ring (bicyclic) bond motifs is 1. The van der Waals surface area contributed by atoms with Crippen LogP contribution in [0.1, 0.15) is 13.8 Å². The zero-order valence-corrected chi connectivity index (χ0v) is 13.2. The number of aliphatic hydroxyl groups excluding tert-OH is 1. The number of aromatic nitrogens is 3. The van der Waals surface area contributed by atoms with Crippen molar-refractivity contribution in [3.63, 3.8) is 0 Å². The maximum atomic E-state index is 9.15. The van der Waals surface area contributed by atoms with Crippen molar-refractivity contribution < 1.29 is 9.84 Å². The Hall–Kier alpha value is -2.60. The van der Waals surface area contributed by atoms with E-state index in [1.807, 2.05) is 44.2 Å². The Bertz CT molecular complexity index is 800. The summed E-state index contributed by atoms with van der Waals surface area (Å²) in [6.07, 6.45) is 1.73. The number of H-pyrrole nitrogens is 1. The lowest BCUT2D eigenvalue weighted by Crippen LogP contribution is -2.19. The first-order valence-electron chi connectivity index (χ1n) is 7.66. The zero-order valence-electron chi connectivity index (χ0n) is 13.2. The van der Waals surface area contributed by atoms with Gasteiger partial charge in [0.05, 0.1) is 18.7 Å². The molecular weight excluding hydrogens is 292 g/mol. The van der Waals surface area contributed by atoms with Gasteiger partial charge in [0, 0.05) is 23.2 Å². The SMILES string of the molecule is CCOc1ccc2[nH]nc(-c3ccnc(NC(C)CO)c3)c2c1. The van der Waals surface area contributed by atoms with E-state index in [4.69, 9.17) is 9.84 Å². The highest BCUT2D eigenvalue weighted by atomic mass is 16.5. The molecule has 0 amide bonds. The number of benzene rings is 1. The Kier molecular flexibility index (Phi) is 4.43. The summed E-state index contributed by atoms with van der Waals surface area (Å²) in [5.41, 5.74) is 2.76. The first-order valence-corrected chi connectivity index (χ1v) is 7.66. The average Bonchev–Trinajstić information content (AvgIpc) is 2.98. The normalized spacial score (nSPS) is 12.3. The maximum Gasteiger partial charge on any atom is 0.126 e. The monoisotopic (exact) mass is 312 g/mol. The Morgan fingerprint density at radius 3 is 2.96 bits per heavy atom. The van der Waals surface area contributed by atoms with Crippen LogP contribution in [0, 0.1) is 0 Å². The fraction of sp³-hybridized carbons (Fsp3) is 0.294. The molecule has 1 unspecified atom stereocenters. The van der Waals surface area contributed by atoms with Crippen molar-refractivity contribution in [1.82, 2.24) is 15.2 Å². The largest absolute Gasteiger partial charge is 0.494 e. The van der Waals surface area contributed by atoms with Crippen molar-refractivity contribution in [3.05, 3.63) is 36.5 Å². The molecule has 0 aliphatic carbocycles. The van der Waals surface area contributed by atoms with Crippen LogP contribution in [-0.2, 0) is 0 Å². The standard InChI is InChI=1S/C17H20N4O2/c1-3-23-13-4-5-15-14(9-13)17(21-20-15)12-6-7-18-16(8-12)19-11(2)10-22/h4-9,11,22H,3,10H2,1-2H3,(H,18,19)(H,20,21). The molecule has 0 fully saturated rings. The molecule has 2 aromatic heterocycles. The van der Waals surface area contributed by atoms with Gasteiger partial charge in [0.2, 0.25) is 0 Å². The number of nitrogens with one attached hydrogen (secondary N) is 2. The molecule has 0 spiro atoms. The number of rotatable bonds is 6. The van der Waals surface area contributed by atoms with Gasteiger partial charge in [0.1, 0.15) is 17.3 Å². The molecule has 0 bridgehead atoms. The van der Waals surface area contributed by atoms with E-state index >= 15 is 0 Å². The van der Waals surface area contributed by atoms with Crippen LogP contribution < -0.4 is 10.1 Å². The molecule has 6 heteroatoms. The maximum absolute atomic E-state index is 9.15. The zero-order chi connectivity index (χ0) is 16.2. The molecule has 0 aliphatic rings. The van der Waals surface area contributed by atoms with Crippen LogP contribution in [0.5, 0.6) is 5.75 Å². The van der Waals surface area contributed by atoms with Crippen LogP contribution in [0.2, 0.25) is 0 Å². The average molecular weight is 312 g/mol. The van der Waals surface area contributed by atoms with Gasteiger partial charge in [-0.15, -0.1) is 0 Å². The predicted molar refractivity (Wildman–Crippen MR) is 90.7 cm³/mol. The molecule has 1 aromatic carbocycles. The number of nitrogens with zero attached hydrogens (tertiary/aromatic N) is 2. The van der Waals surface area contributed by atoms with Crippen LogP contribution in [0.15, 0.2) is 36.5 Å². The summed E-state index contributed by atoms with van der Waals surface area (Å²) in [5, 5.41) is 20.8. The van der Waals surface area contributed by atoms with Gasteiger partial charge < -0.3 is 15.2 Å². The Morgan fingerprint density at radius 1 is 1.30 bits per heavy atom. The van der Waals surface area contributed by atoms with E-state index in [0.717, 1.165) is 27.9 Å². The number of ether oxygens (including phenoxy) is 1. The third-order valence-corrected chi connectivity index (χ3v) is 3.55. The minimum atomic E-state index is -0.0572. The van der Waals surface area contributed by atoms with Crippen molar-refractivity contribution in [1.29, 1.82) is 0 Å². The van der Waals surface area contributed by atoms with Crippen LogP contribution in [0.3, 0.4) is 0 Å². The molecule has 0 saturated heterocycles. The Labute approximate surface area is 134 Å². The van der Waals surface area contributed by atoms with Crippen LogP contribution >= 0.6 is 0 Å². The van der Waals surface area contributed by atoms with Crippen molar-refractivity contribution in [2.45, 2.75) is 19.9 Å². The summed E-state index contributed by atoms with van der Waals surface area (Å²) in [6.45, 7) is 4.53. The minimum absolute atomic E-state index is 0.0506. The molecule has 1 atom stereocenters. The Morgan fingerprint density at radius 2 is 2.17 bits per heavy atom. The van der Waals surface area contributed by atoms with E-state index in [9.17, 15) is 0 Å². The summed E-state index contributed by atoms with van der Waals surface area (Å²) in [4.78, 5) is 4.28. The van der Waals surface area contributed by atoms with Gasteiger partial charge in [0.15, 0.2) is 0 Å². The molecule has 120 valence electrons. The molecule has 0 aliphatic heterocycles. The van der Waals surface area contributed by atoms with E-state index in [-0.39, 0.29) is 12.6 Å². The molecule has 0 radical (unpaired) electrons. The van der Waals surface area contributed by atoms with Gasteiger partial charge in [-0.1, -0.05) is 0 Å². The fourth-order valence-electron chi connectivity index (χ4n) is 2.42. The highest BCUT2D eigenvalue weighted by molar-refractivity contribution is 5.94. The van der Waals surface area contributed by atoms with Gasteiger partial charge in [-0.2, -0.15) is 5.10 Å². The van der Waals surface area contributed by atoms with Crippen LogP contribution in [0.4, 0.5) is 5.82 Å². The van der Waals surface area contributed by atoms with Crippen LogP contribution in [-0.4, -0.2) is 39.5 Å². The van der Waals surface area contributed by atoms with Gasteiger partial charge >= 0.3 is 0 Å². The summed E-state index contributed by atoms with van der Waals surface area (Å²) >= 11 is 0. The quantitative estimate of drug-likeness (QED) is 0.652. The highest BCUT2D eigenvalue weighted by Crippen LogP contribution is 2.30. The first-order chi connectivity index (χ1) is 11.2. The molecule has 3 aromatic rings. The lowest BCUT2D eigenvalue weighted by molar-refractivity contribution is 0.281. The second-order valence-corrected chi connectivity index (χ2v) is 5.37. The first kappa shape index (κ1) is 15.3. The second-order valence-electron chi connectivity index (χ2n) is 5.37. The fourth-order valence-corrected chi connectivity index (χ4v) is 2.42. The molecule has 3 rings (SSSR count). The molecule has 23 heavy (non-hydrogen) atoms. The highest BCUT2D eigenvalue weighted by Gasteiger charge is 2.11. The van der Waals surface area contributed by atoms with E-state index in [0.29, 0.717) is 12.4 Å². The number of pyridine rings is 1. The molecular formula is C17H20N4O2. The van der Waals surface area contributed by atoms with Gasteiger partial charge in [0.25, 0.3) is 0 Å². The second kappa shape index (κ2) is 6.66. The number of anilines is 1.